The highest BCUT2D eigenvalue weighted by molar-refractivity contribution is 6.21. The molecule has 0 saturated heterocycles. The zero-order chi connectivity index (χ0) is 18.5. The number of aryl methyl sites for hydroxylation is 2. The molecule has 0 saturated carbocycles. The molecule has 0 bridgehead atoms. The maximum atomic E-state index is 12.6. The summed E-state index contributed by atoms with van der Waals surface area (Å²) in [6.07, 6.45) is 0.511. The largest absolute Gasteiger partial charge is 0.294 e. The second-order valence-electron chi connectivity index (χ2n) is 7.52. The van der Waals surface area contributed by atoms with Gasteiger partial charge in [-0.05, 0) is 52.4 Å². The van der Waals surface area contributed by atoms with E-state index in [0.29, 0.717) is 6.42 Å². The molecule has 1 heteroatoms. The lowest BCUT2D eigenvalue weighted by Crippen LogP contribution is -1.94. The number of hydrogen-bond donors (Lipinski definition) is 0. The molecular formula is C26H20O. The normalized spacial score (nSPS) is 12.7. The van der Waals surface area contributed by atoms with Crippen molar-refractivity contribution in [1.82, 2.24) is 0 Å². The van der Waals surface area contributed by atoms with Gasteiger partial charge in [-0.1, -0.05) is 83.9 Å². The van der Waals surface area contributed by atoms with E-state index in [0.717, 1.165) is 16.5 Å². The van der Waals surface area contributed by atoms with Gasteiger partial charge in [0, 0.05) is 12.0 Å². The summed E-state index contributed by atoms with van der Waals surface area (Å²) in [6, 6.07) is 25.7. The Labute approximate surface area is 159 Å². The predicted octanol–water partition coefficient (Wildman–Crippen LogP) is 6.53. The van der Waals surface area contributed by atoms with Gasteiger partial charge in [0.05, 0.1) is 0 Å². The van der Waals surface area contributed by atoms with Crippen molar-refractivity contribution < 1.29 is 4.79 Å². The van der Waals surface area contributed by atoms with Crippen molar-refractivity contribution in [2.75, 3.05) is 0 Å². The van der Waals surface area contributed by atoms with Crippen LogP contribution in [0.15, 0.2) is 72.8 Å². The fraction of sp³-hybridized carbons (Fsp3) is 0.115. The summed E-state index contributed by atoms with van der Waals surface area (Å²) in [7, 11) is 0. The minimum atomic E-state index is 0.229. The Bertz CT molecular complexity index is 1180. The number of carbonyl (C=O) groups is 1. The molecule has 0 unspecified atom stereocenters. The van der Waals surface area contributed by atoms with Gasteiger partial charge >= 0.3 is 0 Å². The van der Waals surface area contributed by atoms with E-state index in [9.17, 15) is 4.79 Å². The predicted molar refractivity (Wildman–Crippen MR) is 112 cm³/mol. The third-order valence-electron chi connectivity index (χ3n) is 5.56. The van der Waals surface area contributed by atoms with Crippen molar-refractivity contribution in [2.24, 2.45) is 0 Å². The number of rotatable bonds is 2. The maximum absolute atomic E-state index is 12.6. The van der Waals surface area contributed by atoms with Gasteiger partial charge in [0.15, 0.2) is 5.78 Å². The number of benzene rings is 4. The molecule has 0 radical (unpaired) electrons. The van der Waals surface area contributed by atoms with Gasteiger partial charge in [0.2, 0.25) is 0 Å². The Kier molecular flexibility index (Phi) is 3.51. The number of ketones is 1. The van der Waals surface area contributed by atoms with Crippen LogP contribution in [-0.2, 0) is 6.42 Å². The molecule has 27 heavy (non-hydrogen) atoms. The summed E-state index contributed by atoms with van der Waals surface area (Å²) in [5, 5.41) is 2.34. The second kappa shape index (κ2) is 5.92. The quantitative estimate of drug-likeness (QED) is 0.402. The zero-order valence-corrected chi connectivity index (χ0v) is 15.5. The minimum absolute atomic E-state index is 0.229. The molecule has 1 nitrogen and oxygen atoms in total. The smallest absolute Gasteiger partial charge is 0.167 e. The summed E-state index contributed by atoms with van der Waals surface area (Å²) in [4.78, 5) is 12.6. The van der Waals surface area contributed by atoms with Crippen LogP contribution in [-0.4, -0.2) is 5.78 Å². The fourth-order valence-corrected chi connectivity index (χ4v) is 4.32. The van der Waals surface area contributed by atoms with Crippen LogP contribution in [0.4, 0.5) is 0 Å². The molecule has 4 aromatic carbocycles. The highest BCUT2D eigenvalue weighted by atomic mass is 16.1. The van der Waals surface area contributed by atoms with Crippen LogP contribution in [0.1, 0.15) is 27.0 Å². The van der Waals surface area contributed by atoms with Crippen LogP contribution in [0.3, 0.4) is 0 Å². The van der Waals surface area contributed by atoms with Gasteiger partial charge in [0.25, 0.3) is 0 Å². The number of hydrogen-bond acceptors (Lipinski definition) is 1. The maximum Gasteiger partial charge on any atom is 0.167 e. The lowest BCUT2D eigenvalue weighted by atomic mass is 9.88. The Morgan fingerprint density at radius 2 is 1.19 bits per heavy atom. The van der Waals surface area contributed by atoms with E-state index in [2.05, 4.69) is 80.6 Å². The first-order valence-corrected chi connectivity index (χ1v) is 9.38. The topological polar surface area (TPSA) is 17.1 Å². The van der Waals surface area contributed by atoms with Crippen LogP contribution in [0.25, 0.3) is 33.0 Å². The Balaban J connectivity index is 1.92. The number of Topliss-reactive ketones (excluding diaryl/α,β-unsaturated/α-hetero) is 1. The molecular weight excluding hydrogens is 328 g/mol. The third kappa shape index (κ3) is 2.50. The molecule has 0 atom stereocenters. The molecule has 0 spiro atoms. The van der Waals surface area contributed by atoms with Crippen molar-refractivity contribution in [3.63, 3.8) is 0 Å². The van der Waals surface area contributed by atoms with Crippen LogP contribution in [0, 0.1) is 13.8 Å². The molecule has 1 aliphatic rings. The summed E-state index contributed by atoms with van der Waals surface area (Å²) >= 11 is 0. The average Bonchev–Trinajstić information content (AvgIpc) is 2.99. The highest BCUT2D eigenvalue weighted by Gasteiger charge is 2.25. The third-order valence-corrected chi connectivity index (χ3v) is 5.56. The standard InChI is InChI=1S/C26H20O/c1-16-5-3-7-18(13-16)21-10-9-20-15-24(27)23-12-11-22(26(21)25(20)23)19-8-4-6-17(2)14-19/h3-14H,15H2,1-2H3. The zero-order valence-electron chi connectivity index (χ0n) is 15.5. The number of carbonyl (C=O) groups excluding carboxylic acids is 1. The van der Waals surface area contributed by atoms with Gasteiger partial charge in [0.1, 0.15) is 0 Å². The molecule has 5 rings (SSSR count). The van der Waals surface area contributed by atoms with Crippen molar-refractivity contribution in [2.45, 2.75) is 20.3 Å². The fourth-order valence-electron chi connectivity index (χ4n) is 4.32. The summed E-state index contributed by atoms with van der Waals surface area (Å²) < 4.78 is 0. The monoisotopic (exact) mass is 348 g/mol. The molecule has 1 aliphatic carbocycles. The summed E-state index contributed by atoms with van der Waals surface area (Å²) in [5.41, 5.74) is 9.30. The van der Waals surface area contributed by atoms with E-state index < -0.39 is 0 Å². The minimum Gasteiger partial charge on any atom is -0.294 e. The lowest BCUT2D eigenvalue weighted by molar-refractivity contribution is 0.1000. The van der Waals surface area contributed by atoms with Gasteiger partial charge in [-0.25, -0.2) is 0 Å². The molecule has 0 heterocycles. The Morgan fingerprint density at radius 3 is 1.78 bits per heavy atom. The second-order valence-corrected chi connectivity index (χ2v) is 7.52. The molecule has 0 amide bonds. The van der Waals surface area contributed by atoms with Gasteiger partial charge in [-0.3, -0.25) is 4.79 Å². The molecule has 0 fully saturated rings. The average molecular weight is 348 g/mol. The summed E-state index contributed by atoms with van der Waals surface area (Å²) in [5.74, 6) is 0.229. The van der Waals surface area contributed by atoms with E-state index in [1.54, 1.807) is 0 Å². The molecule has 4 aromatic rings. The SMILES string of the molecule is Cc1cccc(-c2ccc3c4c(ccc(-c5cccc(C)c5)c24)C(=O)C3)c1. The van der Waals surface area contributed by atoms with E-state index >= 15 is 0 Å². The first kappa shape index (κ1) is 16.0. The molecule has 0 N–H and O–H groups in total. The van der Waals surface area contributed by atoms with Gasteiger partial charge in [-0.15, -0.1) is 0 Å². The summed E-state index contributed by atoms with van der Waals surface area (Å²) in [6.45, 7) is 4.24. The van der Waals surface area contributed by atoms with Crippen LogP contribution in [0.2, 0.25) is 0 Å². The lowest BCUT2D eigenvalue weighted by Gasteiger charge is -2.15. The van der Waals surface area contributed by atoms with Crippen molar-refractivity contribution in [3.05, 3.63) is 95.1 Å². The van der Waals surface area contributed by atoms with Crippen LogP contribution in [0.5, 0.6) is 0 Å². The van der Waals surface area contributed by atoms with E-state index in [1.165, 1.54) is 38.8 Å². The van der Waals surface area contributed by atoms with Crippen molar-refractivity contribution in [1.29, 1.82) is 0 Å². The Hall–Kier alpha value is -3.19. The molecule has 0 aromatic heterocycles. The van der Waals surface area contributed by atoms with Gasteiger partial charge in [-0.2, -0.15) is 0 Å². The van der Waals surface area contributed by atoms with E-state index in [4.69, 9.17) is 0 Å². The molecule has 0 aliphatic heterocycles. The first-order chi connectivity index (χ1) is 13.1. The van der Waals surface area contributed by atoms with Crippen LogP contribution >= 0.6 is 0 Å². The van der Waals surface area contributed by atoms with E-state index in [1.807, 2.05) is 6.07 Å². The highest BCUT2D eigenvalue weighted by Crippen LogP contribution is 2.42. The van der Waals surface area contributed by atoms with E-state index in [-0.39, 0.29) is 5.78 Å². The van der Waals surface area contributed by atoms with Crippen molar-refractivity contribution >= 4 is 16.6 Å². The van der Waals surface area contributed by atoms with Crippen molar-refractivity contribution in [3.8, 4) is 22.3 Å². The first-order valence-electron chi connectivity index (χ1n) is 9.38. The van der Waals surface area contributed by atoms with Crippen LogP contribution < -0.4 is 0 Å². The Morgan fingerprint density at radius 1 is 0.630 bits per heavy atom. The van der Waals surface area contributed by atoms with Gasteiger partial charge < -0.3 is 0 Å². The molecule has 130 valence electrons.